The highest BCUT2D eigenvalue weighted by atomic mass is 32.2. The van der Waals surface area contributed by atoms with E-state index in [-0.39, 0.29) is 43.0 Å². The third kappa shape index (κ3) is 3.76. The zero-order valence-corrected chi connectivity index (χ0v) is 12.1. The number of ether oxygens (including phenoxy) is 1. The standard InChI is InChI=1S/C10H15N5O5S/c1-2-20-9(17)8-12-10(14-13-8)15-4-6(3-7(15)16)5-21(11,18)19/h6H,2-5H2,1H3,(H2,11,18,19)(H,12,13,14). The number of rotatable bonds is 5. The van der Waals surface area contributed by atoms with Crippen molar-refractivity contribution in [3.05, 3.63) is 5.82 Å². The van der Waals surface area contributed by atoms with Gasteiger partial charge in [-0.05, 0) is 6.92 Å². The number of nitrogens with one attached hydrogen (secondary N) is 1. The molecule has 10 nitrogen and oxygen atoms in total. The van der Waals surface area contributed by atoms with Gasteiger partial charge in [0.1, 0.15) is 0 Å². The fraction of sp³-hybridized carbons (Fsp3) is 0.600. The van der Waals surface area contributed by atoms with Crippen LogP contribution in [0.5, 0.6) is 0 Å². The quantitative estimate of drug-likeness (QED) is 0.636. The summed E-state index contributed by atoms with van der Waals surface area (Å²) >= 11 is 0. The van der Waals surface area contributed by atoms with Crippen molar-refractivity contribution in [3.8, 4) is 0 Å². The molecule has 0 saturated carbocycles. The molecule has 11 heteroatoms. The molecule has 21 heavy (non-hydrogen) atoms. The number of hydrogen-bond acceptors (Lipinski definition) is 7. The van der Waals surface area contributed by atoms with E-state index in [1.807, 2.05) is 0 Å². The first-order valence-corrected chi connectivity index (χ1v) is 7.92. The van der Waals surface area contributed by atoms with Gasteiger partial charge in [-0.25, -0.2) is 18.4 Å². The maximum Gasteiger partial charge on any atom is 0.375 e. The van der Waals surface area contributed by atoms with Gasteiger partial charge in [-0.1, -0.05) is 0 Å². The Hall–Kier alpha value is -2.01. The molecule has 0 aliphatic carbocycles. The summed E-state index contributed by atoms with van der Waals surface area (Å²) in [6, 6.07) is 0. The van der Waals surface area contributed by atoms with Crippen LogP contribution in [0, 0.1) is 5.92 Å². The minimum Gasteiger partial charge on any atom is -0.460 e. The molecule has 1 aromatic heterocycles. The van der Waals surface area contributed by atoms with Crippen LogP contribution in [0.2, 0.25) is 0 Å². The second kappa shape index (κ2) is 5.77. The van der Waals surface area contributed by atoms with Gasteiger partial charge in [-0.3, -0.25) is 14.8 Å². The Morgan fingerprint density at radius 2 is 2.29 bits per heavy atom. The molecule has 2 rings (SSSR count). The number of hydrogen-bond donors (Lipinski definition) is 2. The molecule has 1 aromatic rings. The van der Waals surface area contributed by atoms with Crippen LogP contribution >= 0.6 is 0 Å². The maximum absolute atomic E-state index is 11.9. The van der Waals surface area contributed by atoms with Crippen molar-refractivity contribution < 1.29 is 22.7 Å². The van der Waals surface area contributed by atoms with E-state index in [0.29, 0.717) is 0 Å². The van der Waals surface area contributed by atoms with E-state index in [1.165, 1.54) is 4.90 Å². The van der Waals surface area contributed by atoms with Crippen LogP contribution in [0.1, 0.15) is 24.0 Å². The summed E-state index contributed by atoms with van der Waals surface area (Å²) in [5.74, 6) is -1.81. The number of aromatic amines is 1. The van der Waals surface area contributed by atoms with E-state index in [2.05, 4.69) is 15.2 Å². The van der Waals surface area contributed by atoms with Crippen molar-refractivity contribution in [3.63, 3.8) is 0 Å². The van der Waals surface area contributed by atoms with Gasteiger partial charge in [0, 0.05) is 18.9 Å². The summed E-state index contributed by atoms with van der Waals surface area (Å²) in [7, 11) is -3.65. The predicted octanol–water partition coefficient (Wildman–Crippen LogP) is -1.38. The summed E-state index contributed by atoms with van der Waals surface area (Å²) in [5.41, 5.74) is 0. The molecule has 1 atom stereocenters. The van der Waals surface area contributed by atoms with Crippen LogP contribution < -0.4 is 10.0 Å². The number of nitrogens with zero attached hydrogens (tertiary/aromatic N) is 3. The van der Waals surface area contributed by atoms with Crippen LogP contribution in [-0.4, -0.2) is 54.4 Å². The van der Waals surface area contributed by atoms with E-state index < -0.39 is 21.9 Å². The number of sulfonamides is 1. The van der Waals surface area contributed by atoms with E-state index in [1.54, 1.807) is 6.92 Å². The molecule has 0 aromatic carbocycles. The Morgan fingerprint density at radius 3 is 2.90 bits per heavy atom. The lowest BCUT2D eigenvalue weighted by Crippen LogP contribution is -2.28. The molecule has 3 N–H and O–H groups in total. The molecule has 1 aliphatic heterocycles. The minimum atomic E-state index is -3.65. The maximum atomic E-state index is 11.9. The van der Waals surface area contributed by atoms with Crippen LogP contribution in [-0.2, 0) is 19.6 Å². The highest BCUT2D eigenvalue weighted by Crippen LogP contribution is 2.22. The van der Waals surface area contributed by atoms with Crippen molar-refractivity contribution in [2.75, 3.05) is 23.8 Å². The minimum absolute atomic E-state index is 0.0139. The van der Waals surface area contributed by atoms with Gasteiger partial charge < -0.3 is 4.74 Å². The number of esters is 1. The molecular formula is C10H15N5O5S. The van der Waals surface area contributed by atoms with E-state index in [9.17, 15) is 18.0 Å². The van der Waals surface area contributed by atoms with Crippen molar-refractivity contribution in [2.45, 2.75) is 13.3 Å². The van der Waals surface area contributed by atoms with Gasteiger partial charge >= 0.3 is 5.97 Å². The van der Waals surface area contributed by atoms with Crippen molar-refractivity contribution >= 4 is 27.8 Å². The van der Waals surface area contributed by atoms with Gasteiger partial charge in [0.15, 0.2) is 0 Å². The monoisotopic (exact) mass is 317 g/mol. The van der Waals surface area contributed by atoms with Crippen molar-refractivity contribution in [2.24, 2.45) is 11.1 Å². The first-order chi connectivity index (χ1) is 9.80. The normalized spacial score (nSPS) is 19.0. The largest absolute Gasteiger partial charge is 0.460 e. The lowest BCUT2D eigenvalue weighted by atomic mass is 10.1. The van der Waals surface area contributed by atoms with Crippen LogP contribution in [0.3, 0.4) is 0 Å². The Bertz CT molecular complexity index is 655. The van der Waals surface area contributed by atoms with E-state index in [0.717, 1.165) is 0 Å². The molecule has 116 valence electrons. The second-order valence-electron chi connectivity index (χ2n) is 4.61. The fourth-order valence-corrected chi connectivity index (χ4v) is 2.96. The fourth-order valence-electron chi connectivity index (χ4n) is 2.08. The topological polar surface area (TPSA) is 148 Å². The van der Waals surface area contributed by atoms with Crippen LogP contribution in [0.15, 0.2) is 0 Å². The summed E-state index contributed by atoms with van der Waals surface area (Å²) in [4.78, 5) is 28.4. The number of primary sulfonamides is 1. The first-order valence-electron chi connectivity index (χ1n) is 6.20. The number of H-pyrrole nitrogens is 1. The molecule has 0 bridgehead atoms. The summed E-state index contributed by atoms with van der Waals surface area (Å²) in [5, 5.41) is 11.1. The van der Waals surface area contributed by atoms with Crippen LogP contribution in [0.25, 0.3) is 0 Å². The van der Waals surface area contributed by atoms with Crippen molar-refractivity contribution in [1.29, 1.82) is 0 Å². The number of carbonyl (C=O) groups is 2. The number of amides is 1. The Labute approximate surface area is 120 Å². The summed E-state index contributed by atoms with van der Waals surface area (Å²) in [6.07, 6.45) is 0.0414. The molecule has 1 saturated heterocycles. The zero-order chi connectivity index (χ0) is 15.6. The van der Waals surface area contributed by atoms with Crippen LogP contribution in [0.4, 0.5) is 5.95 Å². The number of aromatic nitrogens is 3. The summed E-state index contributed by atoms with van der Waals surface area (Å²) < 4.78 is 26.8. The average Bonchev–Trinajstić information content (AvgIpc) is 2.94. The smallest absolute Gasteiger partial charge is 0.375 e. The molecular weight excluding hydrogens is 302 g/mol. The van der Waals surface area contributed by atoms with E-state index >= 15 is 0 Å². The van der Waals surface area contributed by atoms with E-state index in [4.69, 9.17) is 9.88 Å². The lowest BCUT2D eigenvalue weighted by Gasteiger charge is -2.11. The third-order valence-corrected chi connectivity index (χ3v) is 3.79. The molecule has 1 fully saturated rings. The number of carbonyl (C=O) groups excluding carboxylic acids is 2. The first kappa shape index (κ1) is 15.4. The highest BCUT2D eigenvalue weighted by molar-refractivity contribution is 7.89. The Kier molecular flexibility index (Phi) is 4.23. The van der Waals surface area contributed by atoms with Gasteiger partial charge in [-0.2, -0.15) is 4.98 Å². The van der Waals surface area contributed by atoms with Gasteiger partial charge in [0.25, 0.3) is 5.95 Å². The molecule has 0 radical (unpaired) electrons. The molecule has 1 amide bonds. The average molecular weight is 317 g/mol. The third-order valence-electron chi connectivity index (χ3n) is 2.86. The van der Waals surface area contributed by atoms with Gasteiger partial charge in [0.05, 0.1) is 12.4 Å². The summed E-state index contributed by atoms with van der Waals surface area (Å²) in [6.45, 7) is 1.97. The van der Waals surface area contributed by atoms with Crippen molar-refractivity contribution in [1.82, 2.24) is 15.2 Å². The predicted molar refractivity (Wildman–Crippen MR) is 70.8 cm³/mol. The molecule has 0 spiro atoms. The Morgan fingerprint density at radius 1 is 1.57 bits per heavy atom. The second-order valence-corrected chi connectivity index (χ2v) is 6.27. The zero-order valence-electron chi connectivity index (χ0n) is 11.3. The lowest BCUT2D eigenvalue weighted by molar-refractivity contribution is -0.117. The van der Waals surface area contributed by atoms with Gasteiger partial charge in [-0.15, -0.1) is 5.10 Å². The molecule has 2 heterocycles. The molecule has 1 unspecified atom stereocenters. The number of nitrogens with two attached hydrogens (primary N) is 1. The Balaban J connectivity index is 2.09. The molecule has 1 aliphatic rings. The SMILES string of the molecule is CCOC(=O)c1nc(N2CC(CS(N)(=O)=O)CC2=O)n[nH]1. The highest BCUT2D eigenvalue weighted by Gasteiger charge is 2.35. The van der Waals surface area contributed by atoms with Gasteiger partial charge in [0.2, 0.25) is 21.8 Å². The number of anilines is 1.